The Hall–Kier alpha value is -3.68. The molecule has 2 aromatic rings. The number of ether oxygens (including phenoxy) is 6. The van der Waals surface area contributed by atoms with Crippen molar-refractivity contribution in [2.24, 2.45) is 0 Å². The average Bonchev–Trinajstić information content (AvgIpc) is 3.10. The Balaban J connectivity index is 1.92. The Morgan fingerprint density at radius 3 is 2.28 bits per heavy atom. The summed E-state index contributed by atoms with van der Waals surface area (Å²) in [6.07, 6.45) is 0.812. The van der Waals surface area contributed by atoms with Crippen LogP contribution in [0.2, 0.25) is 0 Å². The quantitative estimate of drug-likeness (QED) is 0.448. The first-order chi connectivity index (χ1) is 15.3. The Morgan fingerprint density at radius 1 is 1.06 bits per heavy atom. The molecule has 1 heterocycles. The van der Waals surface area contributed by atoms with Gasteiger partial charge in [-0.2, -0.15) is 0 Å². The van der Waals surface area contributed by atoms with Crippen LogP contribution in [0.4, 0.5) is 0 Å². The first-order valence-electron chi connectivity index (χ1n) is 10.1. The van der Waals surface area contributed by atoms with Crippen LogP contribution in [0, 0.1) is 6.92 Å². The second-order valence-corrected chi connectivity index (χ2v) is 6.98. The molecule has 0 fully saturated rings. The first-order valence-corrected chi connectivity index (χ1v) is 10.1. The van der Waals surface area contributed by atoms with Gasteiger partial charge >= 0.3 is 5.97 Å². The highest BCUT2D eigenvalue weighted by Gasteiger charge is 2.31. The predicted molar refractivity (Wildman–Crippen MR) is 117 cm³/mol. The summed E-state index contributed by atoms with van der Waals surface area (Å²) in [6, 6.07) is 6.70. The molecule has 1 aliphatic heterocycles. The van der Waals surface area contributed by atoms with Crippen molar-refractivity contribution in [1.82, 2.24) is 0 Å². The largest absolute Gasteiger partial charge is 0.493 e. The Kier molecular flexibility index (Phi) is 6.92. The van der Waals surface area contributed by atoms with E-state index in [1.54, 1.807) is 51.1 Å². The summed E-state index contributed by atoms with van der Waals surface area (Å²) in [5.74, 6) is 1.62. The third kappa shape index (κ3) is 4.34. The van der Waals surface area contributed by atoms with Crippen LogP contribution in [-0.2, 0) is 9.53 Å². The number of rotatable bonds is 8. The van der Waals surface area contributed by atoms with Gasteiger partial charge in [-0.1, -0.05) is 0 Å². The maximum Gasteiger partial charge on any atom is 0.347 e. The van der Waals surface area contributed by atoms with Gasteiger partial charge in [-0.15, -0.1) is 0 Å². The fourth-order valence-corrected chi connectivity index (χ4v) is 3.33. The van der Waals surface area contributed by atoms with Crippen LogP contribution in [0.3, 0.4) is 0 Å². The molecule has 0 amide bonds. The SMILES string of the molecule is CCOC(=O)C(C)Oc1ccc2c(c1C)O/C(=C\c1cc(OC)c(OC)c(OC)c1)C2=O. The number of hydrogen-bond donors (Lipinski definition) is 0. The summed E-state index contributed by atoms with van der Waals surface area (Å²) in [6.45, 7) is 5.36. The van der Waals surface area contributed by atoms with Gasteiger partial charge in [-0.3, -0.25) is 4.79 Å². The molecule has 1 unspecified atom stereocenters. The highest BCUT2D eigenvalue weighted by molar-refractivity contribution is 6.15. The van der Waals surface area contributed by atoms with E-state index in [0.29, 0.717) is 45.4 Å². The molecule has 1 atom stereocenters. The number of methoxy groups -OCH3 is 3. The van der Waals surface area contributed by atoms with Crippen molar-refractivity contribution >= 4 is 17.8 Å². The second-order valence-electron chi connectivity index (χ2n) is 6.98. The van der Waals surface area contributed by atoms with Crippen LogP contribution in [0.15, 0.2) is 30.0 Å². The zero-order valence-corrected chi connectivity index (χ0v) is 18.9. The van der Waals surface area contributed by atoms with Crippen LogP contribution < -0.4 is 23.7 Å². The van der Waals surface area contributed by atoms with E-state index in [0.717, 1.165) is 0 Å². The third-order valence-electron chi connectivity index (χ3n) is 4.94. The molecular weight excluding hydrogens is 416 g/mol. The number of benzene rings is 2. The lowest BCUT2D eigenvalue weighted by Gasteiger charge is -2.16. The van der Waals surface area contributed by atoms with Gasteiger partial charge in [-0.05, 0) is 56.7 Å². The molecule has 0 aromatic heterocycles. The number of allylic oxidation sites excluding steroid dienone is 1. The number of Topliss-reactive ketones (excluding diaryl/α,β-unsaturated/α-hetero) is 1. The molecule has 0 saturated heterocycles. The highest BCUT2D eigenvalue weighted by Crippen LogP contribution is 2.42. The fraction of sp³-hybridized carbons (Fsp3) is 0.333. The smallest absolute Gasteiger partial charge is 0.347 e. The lowest BCUT2D eigenvalue weighted by molar-refractivity contribution is -0.150. The molecule has 3 rings (SSSR count). The van der Waals surface area contributed by atoms with Crippen molar-refractivity contribution in [2.75, 3.05) is 27.9 Å². The normalized spacial score (nSPS) is 14.4. The summed E-state index contributed by atoms with van der Waals surface area (Å²) in [5, 5.41) is 0. The molecule has 1 aliphatic rings. The van der Waals surface area contributed by atoms with Crippen molar-refractivity contribution in [2.45, 2.75) is 26.9 Å². The molecule has 8 nitrogen and oxygen atoms in total. The van der Waals surface area contributed by atoms with Crippen LogP contribution in [0.1, 0.15) is 35.3 Å². The zero-order chi connectivity index (χ0) is 23.4. The van der Waals surface area contributed by atoms with Crippen molar-refractivity contribution < 1.29 is 38.0 Å². The summed E-state index contributed by atoms with van der Waals surface area (Å²) in [7, 11) is 4.55. The Labute approximate surface area is 186 Å². The van der Waals surface area contributed by atoms with E-state index in [1.807, 2.05) is 0 Å². The molecule has 170 valence electrons. The topological polar surface area (TPSA) is 89.5 Å². The number of carbonyl (C=O) groups excluding carboxylic acids is 2. The fourth-order valence-electron chi connectivity index (χ4n) is 3.33. The Bertz CT molecular complexity index is 1040. The van der Waals surface area contributed by atoms with Gasteiger partial charge in [-0.25, -0.2) is 4.79 Å². The Morgan fingerprint density at radius 2 is 1.72 bits per heavy atom. The molecule has 32 heavy (non-hydrogen) atoms. The molecular formula is C24H26O8. The number of esters is 1. The molecule has 0 aliphatic carbocycles. The van der Waals surface area contributed by atoms with Gasteiger partial charge < -0.3 is 28.4 Å². The number of fused-ring (bicyclic) bond motifs is 1. The van der Waals surface area contributed by atoms with E-state index in [9.17, 15) is 9.59 Å². The third-order valence-corrected chi connectivity index (χ3v) is 4.94. The van der Waals surface area contributed by atoms with Crippen molar-refractivity contribution in [3.63, 3.8) is 0 Å². The molecule has 0 saturated carbocycles. The first kappa shape index (κ1) is 23.0. The van der Waals surface area contributed by atoms with Crippen LogP contribution >= 0.6 is 0 Å². The number of carbonyl (C=O) groups is 2. The average molecular weight is 442 g/mol. The lowest BCUT2D eigenvalue weighted by Crippen LogP contribution is -2.26. The molecule has 0 spiro atoms. The molecule has 8 heteroatoms. The second kappa shape index (κ2) is 9.64. The van der Waals surface area contributed by atoms with Crippen LogP contribution in [-0.4, -0.2) is 45.8 Å². The highest BCUT2D eigenvalue weighted by atomic mass is 16.6. The summed E-state index contributed by atoms with van der Waals surface area (Å²) < 4.78 is 32.7. The minimum Gasteiger partial charge on any atom is -0.493 e. The zero-order valence-electron chi connectivity index (χ0n) is 18.9. The predicted octanol–water partition coefficient (Wildman–Crippen LogP) is 3.97. The number of ketones is 1. The standard InChI is InChI=1S/C24H26O8/c1-7-30-24(26)14(3)31-17-9-8-16-21(25)18(32-22(16)13(17)2)10-15-11-19(27-4)23(29-6)20(12-15)28-5/h8-12,14H,7H2,1-6H3/b18-10-. The summed E-state index contributed by atoms with van der Waals surface area (Å²) in [5.41, 5.74) is 1.67. The van der Waals surface area contributed by atoms with E-state index >= 15 is 0 Å². The molecule has 0 N–H and O–H groups in total. The number of hydrogen-bond acceptors (Lipinski definition) is 8. The lowest BCUT2D eigenvalue weighted by atomic mass is 10.1. The van der Waals surface area contributed by atoms with Crippen molar-refractivity contribution in [3.05, 3.63) is 46.7 Å². The molecule has 0 radical (unpaired) electrons. The summed E-state index contributed by atoms with van der Waals surface area (Å²) >= 11 is 0. The summed E-state index contributed by atoms with van der Waals surface area (Å²) in [4.78, 5) is 24.8. The monoisotopic (exact) mass is 442 g/mol. The minimum atomic E-state index is -0.793. The van der Waals surface area contributed by atoms with Gasteiger partial charge in [0, 0.05) is 5.56 Å². The van der Waals surface area contributed by atoms with E-state index < -0.39 is 12.1 Å². The maximum atomic E-state index is 12.9. The van der Waals surface area contributed by atoms with Crippen molar-refractivity contribution in [3.8, 4) is 28.7 Å². The van der Waals surface area contributed by atoms with Crippen LogP contribution in [0.25, 0.3) is 6.08 Å². The van der Waals surface area contributed by atoms with Gasteiger partial charge in [0.05, 0.1) is 33.5 Å². The van der Waals surface area contributed by atoms with E-state index in [1.165, 1.54) is 21.3 Å². The minimum absolute atomic E-state index is 0.146. The van der Waals surface area contributed by atoms with E-state index in [-0.39, 0.29) is 18.1 Å². The van der Waals surface area contributed by atoms with E-state index in [2.05, 4.69) is 0 Å². The molecule has 0 bridgehead atoms. The maximum absolute atomic E-state index is 12.9. The van der Waals surface area contributed by atoms with E-state index in [4.69, 9.17) is 28.4 Å². The van der Waals surface area contributed by atoms with Gasteiger partial charge in [0.1, 0.15) is 11.5 Å². The molecule has 2 aromatic carbocycles. The van der Waals surface area contributed by atoms with Gasteiger partial charge in [0.25, 0.3) is 0 Å². The van der Waals surface area contributed by atoms with Gasteiger partial charge in [0.2, 0.25) is 11.5 Å². The van der Waals surface area contributed by atoms with Crippen LogP contribution in [0.5, 0.6) is 28.7 Å². The van der Waals surface area contributed by atoms with Crippen molar-refractivity contribution in [1.29, 1.82) is 0 Å². The van der Waals surface area contributed by atoms with Gasteiger partial charge in [0.15, 0.2) is 23.4 Å².